The maximum absolute atomic E-state index is 4.09. The summed E-state index contributed by atoms with van der Waals surface area (Å²) in [5.74, 6) is 2.38. The number of rotatable bonds is 8. The van der Waals surface area contributed by atoms with Crippen molar-refractivity contribution in [2.75, 3.05) is 11.5 Å². The van der Waals surface area contributed by atoms with E-state index in [2.05, 4.69) is 36.2 Å². The van der Waals surface area contributed by atoms with Gasteiger partial charge < -0.3 is 5.32 Å². The Bertz CT molecular complexity index is 263. The van der Waals surface area contributed by atoms with Gasteiger partial charge in [-0.2, -0.15) is 16.9 Å². The summed E-state index contributed by atoms with van der Waals surface area (Å²) in [6, 6.07) is 1.10. The summed E-state index contributed by atoms with van der Waals surface area (Å²) in [4.78, 5) is 3.93. The number of aryl methyl sites for hydroxylation is 1. The third kappa shape index (κ3) is 5.51. The molecule has 0 amide bonds. The fourth-order valence-electron chi connectivity index (χ4n) is 1.59. The molecule has 16 heavy (non-hydrogen) atoms. The SMILES string of the molecule is CCSCC(C)NC(C)CCn1cncn1. The van der Waals surface area contributed by atoms with Gasteiger partial charge in [0.25, 0.3) is 0 Å². The molecule has 1 N–H and O–H groups in total. The fraction of sp³-hybridized carbons (Fsp3) is 0.818. The lowest BCUT2D eigenvalue weighted by atomic mass is 10.2. The number of hydrogen-bond acceptors (Lipinski definition) is 4. The average molecular weight is 242 g/mol. The van der Waals surface area contributed by atoms with Crippen LogP contribution in [0.25, 0.3) is 0 Å². The zero-order valence-electron chi connectivity index (χ0n) is 10.4. The van der Waals surface area contributed by atoms with Crippen LogP contribution in [0.1, 0.15) is 27.2 Å². The smallest absolute Gasteiger partial charge is 0.137 e. The van der Waals surface area contributed by atoms with Crippen molar-refractivity contribution < 1.29 is 0 Å². The lowest BCUT2D eigenvalue weighted by Crippen LogP contribution is -2.36. The molecule has 2 unspecified atom stereocenters. The summed E-state index contributed by atoms with van der Waals surface area (Å²) in [6.07, 6.45) is 4.44. The number of aromatic nitrogens is 3. The van der Waals surface area contributed by atoms with Crippen LogP contribution in [0, 0.1) is 0 Å². The van der Waals surface area contributed by atoms with E-state index >= 15 is 0 Å². The predicted molar refractivity (Wildman–Crippen MR) is 69.7 cm³/mol. The van der Waals surface area contributed by atoms with Crippen LogP contribution >= 0.6 is 11.8 Å². The first-order valence-electron chi connectivity index (χ1n) is 5.88. The number of thioether (sulfide) groups is 1. The molecule has 5 heteroatoms. The van der Waals surface area contributed by atoms with Crippen molar-refractivity contribution >= 4 is 11.8 Å². The summed E-state index contributed by atoms with van der Waals surface area (Å²) < 4.78 is 1.88. The minimum absolute atomic E-state index is 0.525. The van der Waals surface area contributed by atoms with Gasteiger partial charge in [-0.3, -0.25) is 4.68 Å². The second-order valence-electron chi connectivity index (χ2n) is 4.08. The van der Waals surface area contributed by atoms with E-state index in [1.165, 1.54) is 11.5 Å². The molecule has 0 spiro atoms. The number of nitrogens with zero attached hydrogens (tertiary/aromatic N) is 3. The molecule has 1 aromatic rings. The third-order valence-electron chi connectivity index (χ3n) is 2.40. The van der Waals surface area contributed by atoms with Gasteiger partial charge in [0.05, 0.1) is 0 Å². The van der Waals surface area contributed by atoms with Gasteiger partial charge in [0.15, 0.2) is 0 Å². The quantitative estimate of drug-likeness (QED) is 0.755. The van der Waals surface area contributed by atoms with Crippen LogP contribution in [-0.4, -0.2) is 38.4 Å². The average Bonchev–Trinajstić information content (AvgIpc) is 2.76. The van der Waals surface area contributed by atoms with E-state index in [9.17, 15) is 0 Å². The first-order valence-corrected chi connectivity index (χ1v) is 7.04. The predicted octanol–water partition coefficient (Wildman–Crippen LogP) is 1.79. The van der Waals surface area contributed by atoms with Crippen molar-refractivity contribution in [2.45, 2.75) is 45.8 Å². The van der Waals surface area contributed by atoms with Crippen LogP contribution in [-0.2, 0) is 6.54 Å². The van der Waals surface area contributed by atoms with E-state index in [0.29, 0.717) is 12.1 Å². The summed E-state index contributed by atoms with van der Waals surface area (Å²) in [5.41, 5.74) is 0. The zero-order chi connectivity index (χ0) is 11.8. The molecule has 1 aromatic heterocycles. The highest BCUT2D eigenvalue weighted by molar-refractivity contribution is 7.99. The molecule has 0 aliphatic heterocycles. The Hall–Kier alpha value is -0.550. The highest BCUT2D eigenvalue weighted by Gasteiger charge is 2.07. The Morgan fingerprint density at radius 1 is 1.38 bits per heavy atom. The van der Waals surface area contributed by atoms with E-state index in [1.54, 1.807) is 12.7 Å². The third-order valence-corrected chi connectivity index (χ3v) is 3.54. The Kier molecular flexibility index (Phi) is 6.49. The Morgan fingerprint density at radius 2 is 2.19 bits per heavy atom. The second kappa shape index (κ2) is 7.68. The van der Waals surface area contributed by atoms with E-state index < -0.39 is 0 Å². The molecule has 0 aromatic carbocycles. The summed E-state index contributed by atoms with van der Waals surface area (Å²) in [6.45, 7) is 7.60. The number of nitrogens with one attached hydrogen (secondary N) is 1. The standard InChI is InChI=1S/C11H22N4S/c1-4-16-7-11(3)14-10(2)5-6-15-9-12-8-13-15/h8-11,14H,4-7H2,1-3H3. The molecular weight excluding hydrogens is 220 g/mol. The van der Waals surface area contributed by atoms with Crippen molar-refractivity contribution in [3.8, 4) is 0 Å². The molecule has 0 saturated heterocycles. The second-order valence-corrected chi connectivity index (χ2v) is 5.39. The topological polar surface area (TPSA) is 42.7 Å². The molecule has 0 aliphatic carbocycles. The minimum atomic E-state index is 0.525. The van der Waals surface area contributed by atoms with E-state index in [0.717, 1.165) is 13.0 Å². The molecule has 1 heterocycles. The molecule has 1 rings (SSSR count). The van der Waals surface area contributed by atoms with Gasteiger partial charge in [0.1, 0.15) is 12.7 Å². The summed E-state index contributed by atoms with van der Waals surface area (Å²) in [7, 11) is 0. The lowest BCUT2D eigenvalue weighted by molar-refractivity contribution is 0.430. The lowest BCUT2D eigenvalue weighted by Gasteiger charge is -2.19. The molecule has 0 bridgehead atoms. The molecule has 2 atom stereocenters. The van der Waals surface area contributed by atoms with Gasteiger partial charge in [-0.15, -0.1) is 0 Å². The first-order chi connectivity index (χ1) is 7.72. The van der Waals surface area contributed by atoms with Gasteiger partial charge in [-0.1, -0.05) is 6.92 Å². The van der Waals surface area contributed by atoms with Gasteiger partial charge in [-0.25, -0.2) is 4.98 Å². The first kappa shape index (κ1) is 13.5. The van der Waals surface area contributed by atoms with Crippen molar-refractivity contribution in [1.29, 1.82) is 0 Å². The maximum atomic E-state index is 4.09. The van der Waals surface area contributed by atoms with Gasteiger partial charge in [0.2, 0.25) is 0 Å². The fourth-order valence-corrected chi connectivity index (χ4v) is 2.27. The highest BCUT2D eigenvalue weighted by Crippen LogP contribution is 2.03. The van der Waals surface area contributed by atoms with Crippen LogP contribution in [0.4, 0.5) is 0 Å². The van der Waals surface area contributed by atoms with Crippen LogP contribution in [0.2, 0.25) is 0 Å². The number of hydrogen-bond donors (Lipinski definition) is 1. The van der Waals surface area contributed by atoms with Crippen LogP contribution in [0.3, 0.4) is 0 Å². The van der Waals surface area contributed by atoms with Crippen molar-refractivity contribution in [3.63, 3.8) is 0 Å². The Morgan fingerprint density at radius 3 is 2.81 bits per heavy atom. The molecule has 0 radical (unpaired) electrons. The molecule has 4 nitrogen and oxygen atoms in total. The van der Waals surface area contributed by atoms with Crippen LogP contribution < -0.4 is 5.32 Å². The maximum Gasteiger partial charge on any atom is 0.137 e. The van der Waals surface area contributed by atoms with Gasteiger partial charge >= 0.3 is 0 Å². The molecule has 0 aliphatic rings. The highest BCUT2D eigenvalue weighted by atomic mass is 32.2. The van der Waals surface area contributed by atoms with E-state index in [1.807, 2.05) is 16.4 Å². The Balaban J connectivity index is 2.12. The zero-order valence-corrected chi connectivity index (χ0v) is 11.2. The minimum Gasteiger partial charge on any atom is -0.311 e. The summed E-state index contributed by atoms with van der Waals surface area (Å²) in [5, 5.41) is 7.69. The van der Waals surface area contributed by atoms with Gasteiger partial charge in [-0.05, 0) is 26.0 Å². The van der Waals surface area contributed by atoms with Gasteiger partial charge in [0, 0.05) is 24.4 Å². The molecular formula is C11H22N4S. The van der Waals surface area contributed by atoms with Crippen molar-refractivity contribution in [2.24, 2.45) is 0 Å². The molecule has 0 fully saturated rings. The van der Waals surface area contributed by atoms with Crippen LogP contribution in [0.15, 0.2) is 12.7 Å². The Labute approximate surface area is 102 Å². The molecule has 0 saturated carbocycles. The van der Waals surface area contributed by atoms with Crippen molar-refractivity contribution in [3.05, 3.63) is 12.7 Å². The van der Waals surface area contributed by atoms with E-state index in [4.69, 9.17) is 0 Å². The largest absolute Gasteiger partial charge is 0.311 e. The summed E-state index contributed by atoms with van der Waals surface area (Å²) >= 11 is 1.98. The van der Waals surface area contributed by atoms with Crippen molar-refractivity contribution in [1.82, 2.24) is 20.1 Å². The normalized spacial score (nSPS) is 14.9. The van der Waals surface area contributed by atoms with E-state index in [-0.39, 0.29) is 0 Å². The monoisotopic (exact) mass is 242 g/mol. The molecule has 92 valence electrons. The van der Waals surface area contributed by atoms with Crippen LogP contribution in [0.5, 0.6) is 0 Å².